The molecule has 2 aliphatic heterocycles. The number of anilines is 1. The van der Waals surface area contributed by atoms with Crippen LogP contribution in [0.4, 0.5) is 15.8 Å². The number of likely N-dealkylation sites (N-methyl/N-ethyl adjacent to an activating group) is 1. The summed E-state index contributed by atoms with van der Waals surface area (Å²) in [7, 11) is 1.71. The highest BCUT2D eigenvalue weighted by Gasteiger charge is 2.64. The molecular weight excluding hydrogens is 427 g/mol. The highest BCUT2D eigenvalue weighted by Crippen LogP contribution is 2.55. The lowest BCUT2D eigenvalue weighted by molar-refractivity contribution is -0.384. The predicted molar refractivity (Wildman–Crippen MR) is 117 cm³/mol. The third-order valence-corrected chi connectivity index (χ3v) is 6.67. The SMILES string of the molecule is CN1C[C@H](c2cccc([N+](=O)[O-])c2)[C@H](C(=O)c2ccncc2)[C@@]12C(=O)Nc1ccc(F)cc12. The van der Waals surface area contributed by atoms with Crippen molar-refractivity contribution in [3.8, 4) is 0 Å². The predicted octanol–water partition coefficient (Wildman–Crippen LogP) is 3.50. The number of amides is 1. The van der Waals surface area contributed by atoms with E-state index in [9.17, 15) is 24.1 Å². The third-order valence-electron chi connectivity index (χ3n) is 6.67. The number of nitro groups is 1. The van der Waals surface area contributed by atoms with Gasteiger partial charge in [-0.05, 0) is 42.9 Å². The summed E-state index contributed by atoms with van der Waals surface area (Å²) in [5, 5.41) is 14.2. The Morgan fingerprint density at radius 3 is 2.70 bits per heavy atom. The molecule has 0 radical (unpaired) electrons. The molecule has 1 saturated heterocycles. The molecule has 0 aliphatic carbocycles. The standard InChI is InChI=1S/C24H19FN4O4/c1-28-13-18(15-3-2-4-17(11-15)29(32)33)21(22(30)14-7-9-26-10-8-14)24(28)19-12-16(25)5-6-20(19)27-23(24)31/h2-12,18,21H,13H2,1H3,(H,27,31)/t18-,21-,24+/m1/s1. The summed E-state index contributed by atoms with van der Waals surface area (Å²) in [6.45, 7) is 0.270. The van der Waals surface area contributed by atoms with Gasteiger partial charge in [-0.3, -0.25) is 29.6 Å². The van der Waals surface area contributed by atoms with Crippen molar-refractivity contribution in [1.82, 2.24) is 9.88 Å². The first-order chi connectivity index (χ1) is 15.8. The van der Waals surface area contributed by atoms with Crippen molar-refractivity contribution in [3.63, 3.8) is 0 Å². The van der Waals surface area contributed by atoms with E-state index in [4.69, 9.17) is 0 Å². The van der Waals surface area contributed by atoms with E-state index < -0.39 is 34.0 Å². The second-order valence-corrected chi connectivity index (χ2v) is 8.33. The third kappa shape index (κ3) is 3.04. The second kappa shape index (κ2) is 7.56. The number of benzene rings is 2. The molecule has 2 aliphatic rings. The zero-order chi connectivity index (χ0) is 23.3. The minimum Gasteiger partial charge on any atom is -0.324 e. The van der Waals surface area contributed by atoms with E-state index in [1.165, 1.54) is 42.7 Å². The number of nitrogens with zero attached hydrogens (tertiary/aromatic N) is 3. The lowest BCUT2D eigenvalue weighted by atomic mass is 9.70. The van der Waals surface area contributed by atoms with Crippen LogP contribution in [0.2, 0.25) is 0 Å². The monoisotopic (exact) mass is 446 g/mol. The van der Waals surface area contributed by atoms with Crippen LogP contribution in [0.15, 0.2) is 67.0 Å². The number of Topliss-reactive ketones (excluding diaryl/α,β-unsaturated/α-hetero) is 1. The molecule has 0 unspecified atom stereocenters. The summed E-state index contributed by atoms with van der Waals surface area (Å²) in [5.41, 5.74) is 0.188. The number of non-ortho nitro benzene ring substituents is 1. The van der Waals surface area contributed by atoms with E-state index >= 15 is 0 Å². The quantitative estimate of drug-likeness (QED) is 0.374. The molecule has 33 heavy (non-hydrogen) atoms. The van der Waals surface area contributed by atoms with Gasteiger partial charge in [0.1, 0.15) is 11.4 Å². The van der Waals surface area contributed by atoms with Gasteiger partial charge >= 0.3 is 0 Å². The van der Waals surface area contributed by atoms with Crippen molar-refractivity contribution in [1.29, 1.82) is 0 Å². The van der Waals surface area contributed by atoms with Gasteiger partial charge in [-0.2, -0.15) is 0 Å². The molecule has 9 heteroatoms. The molecule has 166 valence electrons. The van der Waals surface area contributed by atoms with Crippen molar-refractivity contribution in [2.45, 2.75) is 11.5 Å². The Kier molecular flexibility index (Phi) is 4.79. The van der Waals surface area contributed by atoms with Crippen LogP contribution in [0, 0.1) is 21.8 Å². The fourth-order valence-electron chi connectivity index (χ4n) is 5.28. The summed E-state index contributed by atoms with van der Waals surface area (Å²) < 4.78 is 14.3. The smallest absolute Gasteiger partial charge is 0.269 e. The van der Waals surface area contributed by atoms with Crippen LogP contribution < -0.4 is 5.32 Å². The van der Waals surface area contributed by atoms with Gasteiger partial charge in [-0.15, -0.1) is 0 Å². The average Bonchev–Trinajstić information content (AvgIpc) is 3.29. The van der Waals surface area contributed by atoms with Crippen LogP contribution in [0.1, 0.15) is 27.4 Å². The molecule has 1 aromatic heterocycles. The Labute approximate surface area is 188 Å². The number of rotatable bonds is 4. The van der Waals surface area contributed by atoms with E-state index in [1.54, 1.807) is 36.2 Å². The first kappa shape index (κ1) is 20.9. The molecule has 2 aromatic carbocycles. The number of pyridine rings is 1. The maximum atomic E-state index is 14.3. The lowest BCUT2D eigenvalue weighted by Gasteiger charge is -2.35. The molecule has 1 spiro atoms. The normalized spacial score (nSPS) is 24.0. The van der Waals surface area contributed by atoms with E-state index in [2.05, 4.69) is 10.3 Å². The van der Waals surface area contributed by atoms with Gasteiger partial charge in [0, 0.05) is 53.8 Å². The number of ketones is 1. The number of halogens is 1. The number of hydrogen-bond donors (Lipinski definition) is 1. The van der Waals surface area contributed by atoms with E-state index in [0.29, 0.717) is 22.4 Å². The zero-order valence-corrected chi connectivity index (χ0v) is 17.6. The van der Waals surface area contributed by atoms with E-state index in [0.717, 1.165) is 0 Å². The average molecular weight is 446 g/mol. The van der Waals surface area contributed by atoms with Gasteiger partial charge in [-0.1, -0.05) is 12.1 Å². The van der Waals surface area contributed by atoms with Crippen molar-refractivity contribution < 1.29 is 18.9 Å². The highest BCUT2D eigenvalue weighted by atomic mass is 19.1. The van der Waals surface area contributed by atoms with Gasteiger partial charge in [0.25, 0.3) is 5.69 Å². The molecule has 3 atom stereocenters. The van der Waals surface area contributed by atoms with Crippen LogP contribution in [-0.4, -0.2) is 40.1 Å². The number of nitro benzene ring substituents is 1. The Hall–Kier alpha value is -3.98. The molecule has 1 fully saturated rings. The highest BCUT2D eigenvalue weighted by molar-refractivity contribution is 6.12. The molecule has 5 rings (SSSR count). The number of likely N-dealkylation sites (tertiary alicyclic amines) is 1. The molecule has 3 heterocycles. The maximum absolute atomic E-state index is 14.3. The van der Waals surface area contributed by atoms with E-state index in [-0.39, 0.29) is 18.0 Å². The van der Waals surface area contributed by atoms with Crippen LogP contribution in [0.5, 0.6) is 0 Å². The summed E-state index contributed by atoms with van der Waals surface area (Å²) in [5.74, 6) is -2.76. The van der Waals surface area contributed by atoms with Crippen LogP contribution in [-0.2, 0) is 10.3 Å². The van der Waals surface area contributed by atoms with Gasteiger partial charge in [0.05, 0.1) is 10.8 Å². The second-order valence-electron chi connectivity index (χ2n) is 8.33. The topological polar surface area (TPSA) is 105 Å². The Morgan fingerprint density at radius 1 is 1.21 bits per heavy atom. The number of carbonyl (C=O) groups is 2. The van der Waals surface area contributed by atoms with Crippen molar-refractivity contribution in [2.75, 3.05) is 18.9 Å². The fraction of sp³-hybridized carbons (Fsp3) is 0.208. The molecule has 0 saturated carbocycles. The van der Waals surface area contributed by atoms with Crippen LogP contribution >= 0.6 is 0 Å². The first-order valence-electron chi connectivity index (χ1n) is 10.4. The van der Waals surface area contributed by atoms with Crippen molar-refractivity contribution >= 4 is 23.1 Å². The lowest BCUT2D eigenvalue weighted by Crippen LogP contribution is -2.51. The van der Waals surface area contributed by atoms with Gasteiger partial charge in [0.2, 0.25) is 5.91 Å². The van der Waals surface area contributed by atoms with Gasteiger partial charge in [0.15, 0.2) is 5.78 Å². The van der Waals surface area contributed by atoms with Gasteiger partial charge in [-0.25, -0.2) is 4.39 Å². The Balaban J connectivity index is 1.74. The summed E-state index contributed by atoms with van der Waals surface area (Å²) in [6, 6.07) is 13.3. The fourth-order valence-corrected chi connectivity index (χ4v) is 5.28. The van der Waals surface area contributed by atoms with Crippen LogP contribution in [0.3, 0.4) is 0 Å². The minimum atomic E-state index is -1.47. The summed E-state index contributed by atoms with van der Waals surface area (Å²) in [4.78, 5) is 44.1. The largest absolute Gasteiger partial charge is 0.324 e. The maximum Gasteiger partial charge on any atom is 0.269 e. The number of hydrogen-bond acceptors (Lipinski definition) is 6. The minimum absolute atomic E-state index is 0.103. The molecule has 8 nitrogen and oxygen atoms in total. The number of aromatic nitrogens is 1. The van der Waals surface area contributed by atoms with Crippen molar-refractivity contribution in [2.24, 2.45) is 5.92 Å². The number of fused-ring (bicyclic) bond motifs is 2. The number of carbonyl (C=O) groups excluding carboxylic acids is 2. The molecular formula is C24H19FN4O4. The van der Waals surface area contributed by atoms with Crippen molar-refractivity contribution in [3.05, 3.63) is 99.6 Å². The molecule has 3 aromatic rings. The Morgan fingerprint density at radius 2 is 1.97 bits per heavy atom. The molecule has 0 bridgehead atoms. The van der Waals surface area contributed by atoms with Gasteiger partial charge < -0.3 is 5.32 Å². The summed E-state index contributed by atoms with van der Waals surface area (Å²) in [6.07, 6.45) is 2.98. The van der Waals surface area contributed by atoms with E-state index in [1.807, 2.05) is 0 Å². The van der Waals surface area contributed by atoms with Crippen LogP contribution in [0.25, 0.3) is 0 Å². The zero-order valence-electron chi connectivity index (χ0n) is 17.6. The Bertz CT molecular complexity index is 1300. The number of nitrogens with one attached hydrogen (secondary N) is 1. The summed E-state index contributed by atoms with van der Waals surface area (Å²) >= 11 is 0. The first-order valence-corrected chi connectivity index (χ1v) is 10.4. The molecule has 1 N–H and O–H groups in total. The molecule has 1 amide bonds.